The van der Waals surface area contributed by atoms with Crippen LogP contribution in [0.4, 0.5) is 16.2 Å². The van der Waals surface area contributed by atoms with Gasteiger partial charge in [0.1, 0.15) is 27.7 Å². The Morgan fingerprint density at radius 3 is 2.30 bits per heavy atom. The zero-order valence-corrected chi connectivity index (χ0v) is 28.1. The number of ether oxygens (including phenoxy) is 3. The number of hydrogen-bond acceptors (Lipinski definition) is 6. The van der Waals surface area contributed by atoms with E-state index in [-0.39, 0.29) is 17.7 Å². The third-order valence-electron chi connectivity index (χ3n) is 7.97. The van der Waals surface area contributed by atoms with E-state index < -0.39 is 14.4 Å². The van der Waals surface area contributed by atoms with Gasteiger partial charge >= 0.3 is 14.9 Å². The number of fused-ring (bicyclic) bond motifs is 1. The third-order valence-corrected chi connectivity index (χ3v) is 10.8. The summed E-state index contributed by atoms with van der Waals surface area (Å²) in [6.07, 6.45) is 3.74. The zero-order valence-electron chi connectivity index (χ0n) is 27.1. The Morgan fingerprint density at radius 1 is 1.05 bits per heavy atom. The van der Waals surface area contributed by atoms with Gasteiger partial charge < -0.3 is 24.2 Å². The number of carbonyl (C=O) groups is 1. The Labute approximate surface area is 257 Å². The van der Waals surface area contributed by atoms with Crippen LogP contribution in [0.3, 0.4) is 0 Å². The summed E-state index contributed by atoms with van der Waals surface area (Å²) in [5.74, 6) is 1.38. The molecule has 0 fully saturated rings. The van der Waals surface area contributed by atoms with Gasteiger partial charge in [-0.25, -0.2) is 9.78 Å². The molecule has 1 aliphatic rings. The van der Waals surface area contributed by atoms with Gasteiger partial charge in [-0.1, -0.05) is 6.08 Å². The van der Waals surface area contributed by atoms with Gasteiger partial charge in [0.2, 0.25) is 11.2 Å². The van der Waals surface area contributed by atoms with Crippen LogP contribution in [0.15, 0.2) is 48.7 Å². The zero-order chi connectivity index (χ0) is 31.5. The van der Waals surface area contributed by atoms with Crippen molar-refractivity contribution < 1.29 is 28.7 Å². The summed E-state index contributed by atoms with van der Waals surface area (Å²) in [5.41, 5.74) is 5.25. The van der Waals surface area contributed by atoms with Crippen LogP contribution in [0.1, 0.15) is 40.3 Å². The molecule has 1 amide bonds. The molecule has 2 N–H and O–H groups in total. The van der Waals surface area contributed by atoms with Gasteiger partial charge in [0.15, 0.2) is 13.2 Å². The lowest BCUT2D eigenvalue weighted by atomic mass is 10.1. The molecular formula is C33H47N4O5Si+3. The summed E-state index contributed by atoms with van der Waals surface area (Å²) in [6.45, 7) is 17.5. The van der Waals surface area contributed by atoms with Crippen molar-refractivity contribution in [2.24, 2.45) is 0 Å². The second kappa shape index (κ2) is 12.9. The van der Waals surface area contributed by atoms with E-state index in [1.165, 1.54) is 0 Å². The fourth-order valence-corrected chi connectivity index (χ4v) is 5.46. The normalized spacial score (nSPS) is 13.6. The van der Waals surface area contributed by atoms with Crippen LogP contribution in [0.25, 0.3) is 16.6 Å². The highest BCUT2D eigenvalue weighted by molar-refractivity contribution is 6.59. The molecule has 0 bridgehead atoms. The van der Waals surface area contributed by atoms with E-state index in [1.54, 1.807) is 19.1 Å². The quantitative estimate of drug-likeness (QED) is 0.170. The molecule has 3 aromatic rings. The molecule has 1 aromatic heterocycles. The van der Waals surface area contributed by atoms with Crippen molar-refractivity contribution in [3.63, 3.8) is 0 Å². The van der Waals surface area contributed by atoms with Gasteiger partial charge in [-0.05, 0) is 46.8 Å². The lowest BCUT2D eigenvalue weighted by molar-refractivity contribution is -0.678. The first-order chi connectivity index (χ1) is 20.3. The van der Waals surface area contributed by atoms with Gasteiger partial charge in [-0.2, -0.15) is 4.57 Å². The Hall–Kier alpha value is -3.63. The highest BCUT2D eigenvalue weighted by atomic mass is 28.3. The van der Waals surface area contributed by atoms with Crippen LogP contribution >= 0.6 is 0 Å². The molecule has 0 saturated heterocycles. The first-order valence-corrected chi connectivity index (χ1v) is 17.2. The summed E-state index contributed by atoms with van der Waals surface area (Å²) in [6, 6.07) is 12.0. The van der Waals surface area contributed by atoms with Crippen molar-refractivity contribution in [2.75, 3.05) is 45.4 Å². The third kappa shape index (κ3) is 7.48. The van der Waals surface area contributed by atoms with E-state index in [0.717, 1.165) is 40.2 Å². The minimum Gasteiger partial charge on any atom is -0.497 e. The van der Waals surface area contributed by atoms with Crippen molar-refractivity contribution in [1.82, 2.24) is 9.88 Å². The number of rotatable bonds is 10. The fourth-order valence-electron chi connectivity index (χ4n) is 4.99. The van der Waals surface area contributed by atoms with Gasteiger partial charge in [0, 0.05) is 47.8 Å². The first kappa shape index (κ1) is 32.3. The Balaban J connectivity index is 1.83. The molecule has 2 aromatic carbocycles. The molecule has 4 rings (SSSR count). The minimum absolute atomic E-state index is 0.0828. The second-order valence-corrected chi connectivity index (χ2v) is 16.2. The monoisotopic (exact) mass is 607 g/mol. The van der Waals surface area contributed by atoms with Gasteiger partial charge in [-0.15, -0.1) is 0 Å². The van der Waals surface area contributed by atoms with E-state index in [1.807, 2.05) is 51.2 Å². The maximum atomic E-state index is 12.9. The largest absolute Gasteiger partial charge is 0.497 e. The molecular weight excluding hydrogens is 560 g/mol. The number of aromatic nitrogens is 2. The van der Waals surface area contributed by atoms with Crippen molar-refractivity contribution in [3.8, 4) is 11.5 Å². The summed E-state index contributed by atoms with van der Waals surface area (Å²) < 4.78 is 19.1. The molecule has 0 saturated carbocycles. The Kier molecular flexibility index (Phi) is 9.71. The molecule has 0 radical (unpaired) electrons. The summed E-state index contributed by atoms with van der Waals surface area (Å²) in [4.78, 5) is 21.6. The van der Waals surface area contributed by atoms with Gasteiger partial charge in [-0.3, -0.25) is 4.90 Å². The average molecular weight is 608 g/mol. The number of amides is 1. The Morgan fingerprint density at radius 2 is 1.72 bits per heavy atom. The lowest BCUT2D eigenvalue weighted by Crippen LogP contribution is -2.46. The first-order valence-electron chi connectivity index (χ1n) is 14.7. The van der Waals surface area contributed by atoms with Gasteiger partial charge in [0.25, 0.3) is 0 Å². The highest BCUT2D eigenvalue weighted by Crippen LogP contribution is 2.35. The van der Waals surface area contributed by atoms with Crippen molar-refractivity contribution in [1.29, 1.82) is 0 Å². The molecule has 9 nitrogen and oxygen atoms in total. The van der Waals surface area contributed by atoms with Crippen LogP contribution in [-0.4, -0.2) is 75.9 Å². The molecule has 43 heavy (non-hydrogen) atoms. The van der Waals surface area contributed by atoms with Crippen molar-refractivity contribution in [2.45, 2.75) is 64.9 Å². The maximum absolute atomic E-state index is 12.9. The molecule has 1 aliphatic heterocycles. The van der Waals surface area contributed by atoms with E-state index in [0.29, 0.717) is 31.1 Å². The van der Waals surface area contributed by atoms with E-state index >= 15 is 0 Å². The number of anilines is 2. The molecule has 230 valence electrons. The predicted octanol–water partition coefficient (Wildman–Crippen LogP) is 5.57. The second-order valence-electron chi connectivity index (χ2n) is 12.8. The maximum Gasteiger partial charge on any atom is 0.410 e. The van der Waals surface area contributed by atoms with E-state index in [2.05, 4.69) is 54.6 Å². The smallest absolute Gasteiger partial charge is 0.410 e. The number of hydrogen-bond donors (Lipinski definition) is 0. The molecule has 0 aliphatic carbocycles. The van der Waals surface area contributed by atoms with Crippen LogP contribution in [0, 0.1) is 0 Å². The standard InChI is InChI=1S/C33H46N4O5Si/c1-32(2,3)42-31(39)35-13-12-23(21-35)30-20-34-28-11-10-24(18-29(28)37(30)22-33(4,5)43(8)9)36(14-15-38)25-16-26(40-6)19-27(17-25)41-7/h10-12,16-20,38H,13-15,21-22H2,1-9H3/q+2/p+1. The van der Waals surface area contributed by atoms with Crippen molar-refractivity contribution in [3.05, 3.63) is 54.4 Å². The average Bonchev–Trinajstić information content (AvgIpc) is 3.45. The fraction of sp³-hybridized carbons (Fsp3) is 0.485. The molecule has 0 atom stereocenters. The molecule has 10 heteroatoms. The van der Waals surface area contributed by atoms with Crippen molar-refractivity contribution >= 4 is 42.9 Å². The number of carbonyl (C=O) groups excluding carboxylic acids is 1. The number of benzene rings is 2. The highest BCUT2D eigenvalue weighted by Gasteiger charge is 2.42. The molecule has 2 heterocycles. The number of methoxy groups -OCH3 is 2. The SMILES string of the molecule is COc1cc(OC)cc(N(CC[OH2+])c2ccc3ncc(C4=CCN(C(=O)OC(C)(C)C)C4)[n+](CC(C)(C)[Si+](C)C)c3c2)c1. The Bertz CT molecular complexity index is 1480. The summed E-state index contributed by atoms with van der Waals surface area (Å²) in [5, 5.41) is 8.17. The minimum atomic E-state index is -0.660. The summed E-state index contributed by atoms with van der Waals surface area (Å²) >= 11 is 0. The number of nitrogens with zero attached hydrogens (tertiary/aromatic N) is 4. The lowest BCUT2D eigenvalue weighted by Gasteiger charge is -2.25. The van der Waals surface area contributed by atoms with E-state index in [9.17, 15) is 4.79 Å². The van der Waals surface area contributed by atoms with Crippen LogP contribution in [0.5, 0.6) is 11.5 Å². The van der Waals surface area contributed by atoms with E-state index in [4.69, 9.17) is 24.3 Å². The topological polar surface area (TPSA) is 90.9 Å². The van der Waals surface area contributed by atoms with Crippen LogP contribution < -0.4 is 18.9 Å². The van der Waals surface area contributed by atoms with Crippen LogP contribution in [0.2, 0.25) is 18.1 Å². The molecule has 0 unspecified atom stereocenters. The summed E-state index contributed by atoms with van der Waals surface area (Å²) in [7, 11) is 2.62. The van der Waals surface area contributed by atoms with Gasteiger partial charge in [0.05, 0.1) is 46.6 Å². The predicted molar refractivity (Wildman–Crippen MR) is 174 cm³/mol. The molecule has 0 spiro atoms. The van der Waals surface area contributed by atoms with Crippen LogP contribution in [-0.2, 0) is 11.3 Å².